The molecule has 21 heavy (non-hydrogen) atoms. The average Bonchev–Trinajstić information content (AvgIpc) is 2.72. The van der Waals surface area contributed by atoms with E-state index in [0.717, 1.165) is 17.8 Å². The first-order chi connectivity index (χ1) is 9.68. The summed E-state index contributed by atoms with van der Waals surface area (Å²) >= 11 is 3.26. The maximum atomic E-state index is 12.8. The minimum absolute atomic E-state index is 0.151. The van der Waals surface area contributed by atoms with Crippen molar-refractivity contribution in [1.29, 1.82) is 0 Å². The summed E-state index contributed by atoms with van der Waals surface area (Å²) in [6.07, 6.45) is -2.52. The molecule has 0 unspecified atom stereocenters. The van der Waals surface area contributed by atoms with Crippen molar-refractivity contribution in [3.05, 3.63) is 40.1 Å². The van der Waals surface area contributed by atoms with Gasteiger partial charge in [-0.25, -0.2) is 4.98 Å². The monoisotopic (exact) mass is 361 g/mol. The topological polar surface area (TPSA) is 29.9 Å². The second kappa shape index (κ2) is 5.71. The van der Waals surface area contributed by atoms with Crippen LogP contribution in [0.5, 0.6) is 0 Å². The molecular weight excluding hydrogens is 347 g/mol. The zero-order valence-corrected chi connectivity index (χ0v) is 13.4. The van der Waals surface area contributed by atoms with Crippen LogP contribution in [0.2, 0.25) is 0 Å². The molecule has 0 aliphatic carbocycles. The van der Waals surface area contributed by atoms with E-state index in [-0.39, 0.29) is 6.04 Å². The smallest absolute Gasteiger partial charge is 0.325 e. The zero-order chi connectivity index (χ0) is 15.8. The molecule has 1 N–H and O–H groups in total. The van der Waals surface area contributed by atoms with E-state index in [1.807, 2.05) is 31.5 Å². The lowest BCUT2D eigenvalue weighted by Gasteiger charge is -2.15. The number of rotatable bonds is 3. The van der Waals surface area contributed by atoms with Crippen LogP contribution in [0.3, 0.4) is 0 Å². The van der Waals surface area contributed by atoms with E-state index in [4.69, 9.17) is 0 Å². The fraction of sp³-hybridized carbons (Fsp3) is 0.357. The fourth-order valence-electron chi connectivity index (χ4n) is 1.92. The minimum Gasteiger partial charge on any atom is -0.325 e. The first kappa shape index (κ1) is 15.9. The first-order valence-corrected chi connectivity index (χ1v) is 7.17. The van der Waals surface area contributed by atoms with E-state index in [0.29, 0.717) is 16.1 Å². The second-order valence-electron chi connectivity index (χ2n) is 5.02. The molecule has 0 saturated carbocycles. The van der Waals surface area contributed by atoms with Gasteiger partial charge in [-0.1, -0.05) is 0 Å². The lowest BCUT2D eigenvalue weighted by molar-refractivity contribution is -0.137. The van der Waals surface area contributed by atoms with E-state index in [2.05, 4.69) is 26.2 Å². The van der Waals surface area contributed by atoms with Crippen LogP contribution in [0.15, 0.2) is 28.9 Å². The Bertz CT molecular complexity index is 647. The van der Waals surface area contributed by atoms with Crippen molar-refractivity contribution in [2.75, 3.05) is 5.32 Å². The molecule has 0 amide bonds. The third-order valence-electron chi connectivity index (χ3n) is 2.95. The number of halogens is 4. The van der Waals surface area contributed by atoms with Crippen molar-refractivity contribution < 1.29 is 13.2 Å². The number of alkyl halides is 3. The van der Waals surface area contributed by atoms with Crippen LogP contribution in [0.25, 0.3) is 0 Å². The van der Waals surface area contributed by atoms with Crippen LogP contribution in [-0.2, 0) is 6.18 Å². The summed E-state index contributed by atoms with van der Waals surface area (Å²) in [5.41, 5.74) is 0.430. The third kappa shape index (κ3) is 3.58. The van der Waals surface area contributed by atoms with Gasteiger partial charge in [-0.2, -0.15) is 13.2 Å². The molecule has 0 fully saturated rings. The van der Waals surface area contributed by atoms with E-state index in [1.165, 1.54) is 6.07 Å². The van der Waals surface area contributed by atoms with Gasteiger partial charge in [-0.15, -0.1) is 0 Å². The van der Waals surface area contributed by atoms with Crippen LogP contribution in [0.1, 0.15) is 31.1 Å². The lowest BCUT2D eigenvalue weighted by Crippen LogP contribution is -2.08. The molecule has 0 atom stereocenters. The number of aromatic nitrogens is 2. The number of nitrogens with zero attached hydrogens (tertiary/aromatic N) is 2. The number of nitrogens with one attached hydrogen (secondary N) is 1. The van der Waals surface area contributed by atoms with Crippen LogP contribution in [0, 0.1) is 6.92 Å². The van der Waals surface area contributed by atoms with Gasteiger partial charge in [0.05, 0.1) is 16.9 Å². The molecular formula is C14H15BrF3N3. The second-order valence-corrected chi connectivity index (χ2v) is 5.88. The molecule has 0 spiro atoms. The Morgan fingerprint density at radius 2 is 1.95 bits per heavy atom. The molecule has 114 valence electrons. The van der Waals surface area contributed by atoms with Gasteiger partial charge >= 0.3 is 6.18 Å². The van der Waals surface area contributed by atoms with E-state index in [9.17, 15) is 13.2 Å². The van der Waals surface area contributed by atoms with Gasteiger partial charge in [0.2, 0.25) is 5.95 Å². The molecule has 0 saturated heterocycles. The normalized spacial score (nSPS) is 12.0. The van der Waals surface area contributed by atoms with Crippen molar-refractivity contribution in [3.8, 4) is 0 Å². The molecule has 2 rings (SSSR count). The maximum absolute atomic E-state index is 12.8. The highest BCUT2D eigenvalue weighted by molar-refractivity contribution is 9.10. The van der Waals surface area contributed by atoms with Gasteiger partial charge in [0.25, 0.3) is 0 Å². The van der Waals surface area contributed by atoms with Crippen LogP contribution < -0.4 is 5.32 Å². The summed E-state index contributed by atoms with van der Waals surface area (Å²) in [6.45, 7) is 5.80. The summed E-state index contributed by atoms with van der Waals surface area (Å²) in [5, 5.41) is 2.96. The Balaban J connectivity index is 2.40. The fourth-order valence-corrected chi connectivity index (χ4v) is 2.27. The highest BCUT2D eigenvalue weighted by Crippen LogP contribution is 2.35. The molecule has 7 heteroatoms. The Labute approximate surface area is 129 Å². The molecule has 0 aliphatic rings. The minimum atomic E-state index is -4.37. The maximum Gasteiger partial charge on any atom is 0.416 e. The summed E-state index contributed by atoms with van der Waals surface area (Å²) in [7, 11) is 0. The Kier molecular flexibility index (Phi) is 4.32. The average molecular weight is 362 g/mol. The molecule has 1 aromatic heterocycles. The molecule has 0 bridgehead atoms. The van der Waals surface area contributed by atoms with E-state index in [1.54, 1.807) is 0 Å². The number of hydrogen-bond acceptors (Lipinski definition) is 2. The number of hydrogen-bond donors (Lipinski definition) is 1. The highest BCUT2D eigenvalue weighted by atomic mass is 79.9. The van der Waals surface area contributed by atoms with Crippen molar-refractivity contribution in [1.82, 2.24) is 9.55 Å². The van der Waals surface area contributed by atoms with Gasteiger partial charge in [-0.05, 0) is 54.9 Å². The summed E-state index contributed by atoms with van der Waals surface area (Å²) in [5.74, 6) is 0.516. The van der Waals surface area contributed by atoms with Crippen molar-refractivity contribution in [2.24, 2.45) is 0 Å². The lowest BCUT2D eigenvalue weighted by atomic mass is 10.2. The molecule has 0 radical (unpaired) electrons. The SMILES string of the molecule is Cc1cn(C(C)C)c(Nc2cc(C(F)(F)F)ccc2Br)n1. The first-order valence-electron chi connectivity index (χ1n) is 6.37. The van der Waals surface area contributed by atoms with E-state index >= 15 is 0 Å². The Hall–Kier alpha value is -1.50. The number of benzene rings is 1. The van der Waals surface area contributed by atoms with Crippen LogP contribution >= 0.6 is 15.9 Å². The van der Waals surface area contributed by atoms with Gasteiger partial charge in [0.1, 0.15) is 0 Å². The summed E-state index contributed by atoms with van der Waals surface area (Å²) in [4.78, 5) is 4.31. The van der Waals surface area contributed by atoms with Gasteiger partial charge in [0.15, 0.2) is 0 Å². The molecule has 3 nitrogen and oxygen atoms in total. The largest absolute Gasteiger partial charge is 0.416 e. The van der Waals surface area contributed by atoms with Crippen molar-refractivity contribution in [2.45, 2.75) is 33.0 Å². The molecule has 1 heterocycles. The number of anilines is 2. The van der Waals surface area contributed by atoms with Crippen LogP contribution in [0.4, 0.5) is 24.8 Å². The quantitative estimate of drug-likeness (QED) is 0.803. The zero-order valence-electron chi connectivity index (χ0n) is 11.8. The van der Waals surface area contributed by atoms with Gasteiger partial charge in [0, 0.05) is 16.7 Å². The van der Waals surface area contributed by atoms with Crippen molar-refractivity contribution in [3.63, 3.8) is 0 Å². The van der Waals surface area contributed by atoms with E-state index < -0.39 is 11.7 Å². The standard InChI is InChI=1S/C14H15BrF3N3/c1-8(2)21-7-9(3)19-13(21)20-12-6-10(14(16,17)18)4-5-11(12)15/h4-8H,1-3H3,(H,19,20). The van der Waals surface area contributed by atoms with Gasteiger partial charge in [-0.3, -0.25) is 0 Å². The Morgan fingerprint density at radius 1 is 1.29 bits per heavy atom. The predicted octanol–water partition coefficient (Wildman–Crippen LogP) is 5.30. The van der Waals surface area contributed by atoms with Gasteiger partial charge < -0.3 is 9.88 Å². The summed E-state index contributed by atoms with van der Waals surface area (Å²) in [6, 6.07) is 3.63. The predicted molar refractivity (Wildman–Crippen MR) is 79.8 cm³/mol. The third-order valence-corrected chi connectivity index (χ3v) is 3.64. The van der Waals surface area contributed by atoms with Crippen molar-refractivity contribution >= 4 is 27.6 Å². The molecule has 0 aliphatic heterocycles. The molecule has 2 aromatic rings. The van der Waals surface area contributed by atoms with Crippen LogP contribution in [-0.4, -0.2) is 9.55 Å². The highest BCUT2D eigenvalue weighted by Gasteiger charge is 2.31. The Morgan fingerprint density at radius 3 is 2.52 bits per heavy atom. The summed E-state index contributed by atoms with van der Waals surface area (Å²) < 4.78 is 40.8. The number of imidazole rings is 1. The molecule has 1 aromatic carbocycles. The number of aryl methyl sites for hydroxylation is 1.